The summed E-state index contributed by atoms with van der Waals surface area (Å²) in [6.07, 6.45) is 2.64. The predicted octanol–water partition coefficient (Wildman–Crippen LogP) is 2.42. The van der Waals surface area contributed by atoms with Gasteiger partial charge in [0.1, 0.15) is 5.56 Å². The molecule has 0 amide bonds. The first kappa shape index (κ1) is 14.3. The van der Waals surface area contributed by atoms with Crippen LogP contribution in [0.2, 0.25) is 0 Å². The number of para-hydroxylation sites is 1. The van der Waals surface area contributed by atoms with Gasteiger partial charge in [-0.2, -0.15) is 11.8 Å². The number of carboxylic acids is 1. The molecule has 18 heavy (non-hydrogen) atoms. The number of aromatic carboxylic acids is 1. The highest BCUT2D eigenvalue weighted by Crippen LogP contribution is 2.31. The maximum absolute atomic E-state index is 11.0. The minimum Gasteiger partial charge on any atom is -0.486 e. The number of thioether (sulfide) groups is 1. The molecule has 0 bridgehead atoms. The number of benzene rings is 1. The van der Waals surface area contributed by atoms with Crippen molar-refractivity contribution in [3.05, 3.63) is 33.9 Å². The molecule has 0 heterocycles. The van der Waals surface area contributed by atoms with Crippen molar-refractivity contribution in [2.45, 2.75) is 6.42 Å². The van der Waals surface area contributed by atoms with Gasteiger partial charge in [0.05, 0.1) is 11.5 Å². The summed E-state index contributed by atoms with van der Waals surface area (Å²) >= 11 is 1.63. The Bertz CT molecular complexity index is 417. The summed E-state index contributed by atoms with van der Waals surface area (Å²) in [6.45, 7) is 0.256. The number of nitrogens with zero attached hydrogens (tertiary/aromatic N) is 1. The third-order valence-electron chi connectivity index (χ3n) is 2.16. The fourth-order valence-electron chi connectivity index (χ4n) is 1.37. The van der Waals surface area contributed by atoms with Crippen molar-refractivity contribution < 1.29 is 19.6 Å². The normalized spacial score (nSPS) is 10.1. The lowest BCUT2D eigenvalue weighted by atomic mass is 10.1. The van der Waals surface area contributed by atoms with Crippen LogP contribution in [-0.2, 0) is 0 Å². The molecule has 0 aliphatic carbocycles. The predicted molar refractivity (Wildman–Crippen MR) is 68.5 cm³/mol. The number of rotatable bonds is 7. The summed E-state index contributed by atoms with van der Waals surface area (Å²) in [5.41, 5.74) is -0.507. The maximum Gasteiger partial charge on any atom is 0.339 e. The Kier molecular flexibility index (Phi) is 5.44. The molecule has 1 rings (SSSR count). The van der Waals surface area contributed by atoms with Crippen LogP contribution in [0.1, 0.15) is 16.8 Å². The number of ether oxygens (including phenoxy) is 1. The highest BCUT2D eigenvalue weighted by Gasteiger charge is 2.22. The Morgan fingerprint density at radius 2 is 2.28 bits per heavy atom. The molecule has 1 aromatic rings. The fourth-order valence-corrected chi connectivity index (χ4v) is 1.77. The first-order valence-electron chi connectivity index (χ1n) is 5.20. The zero-order valence-corrected chi connectivity index (χ0v) is 10.6. The first-order valence-corrected chi connectivity index (χ1v) is 6.59. The molecule has 0 saturated carbocycles. The van der Waals surface area contributed by atoms with Crippen molar-refractivity contribution in [1.82, 2.24) is 0 Å². The van der Waals surface area contributed by atoms with Crippen LogP contribution in [0, 0.1) is 10.1 Å². The zero-order chi connectivity index (χ0) is 13.5. The van der Waals surface area contributed by atoms with Gasteiger partial charge in [-0.1, -0.05) is 6.07 Å². The molecular formula is C11H13NO5S. The van der Waals surface area contributed by atoms with Crippen molar-refractivity contribution in [3.8, 4) is 5.75 Å². The minimum absolute atomic E-state index is 0.170. The van der Waals surface area contributed by atoms with Gasteiger partial charge in [0.2, 0.25) is 5.75 Å². The maximum atomic E-state index is 11.0. The van der Waals surface area contributed by atoms with Gasteiger partial charge >= 0.3 is 11.7 Å². The quantitative estimate of drug-likeness (QED) is 0.465. The Morgan fingerprint density at radius 3 is 2.83 bits per heavy atom. The highest BCUT2D eigenvalue weighted by atomic mass is 32.2. The van der Waals surface area contributed by atoms with Crippen molar-refractivity contribution in [1.29, 1.82) is 0 Å². The first-order chi connectivity index (χ1) is 8.57. The molecule has 0 atom stereocenters. The van der Waals surface area contributed by atoms with E-state index in [0.29, 0.717) is 6.42 Å². The molecule has 0 radical (unpaired) electrons. The zero-order valence-electron chi connectivity index (χ0n) is 9.79. The molecule has 1 N–H and O–H groups in total. The summed E-state index contributed by atoms with van der Waals surface area (Å²) in [6, 6.07) is 3.85. The second-order valence-corrected chi connectivity index (χ2v) is 4.40. The summed E-state index contributed by atoms with van der Waals surface area (Å²) in [4.78, 5) is 21.2. The van der Waals surface area contributed by atoms with E-state index in [4.69, 9.17) is 9.84 Å². The SMILES string of the molecule is CSCCCOc1c(C(=O)O)cccc1[N+](=O)[O-]. The van der Waals surface area contributed by atoms with Crippen molar-refractivity contribution >= 4 is 23.4 Å². The number of carbonyl (C=O) groups is 1. The van der Waals surface area contributed by atoms with E-state index >= 15 is 0 Å². The van der Waals surface area contributed by atoms with Crippen LogP contribution in [0.25, 0.3) is 0 Å². The van der Waals surface area contributed by atoms with Gasteiger partial charge in [0, 0.05) is 6.07 Å². The third-order valence-corrected chi connectivity index (χ3v) is 2.86. The molecule has 1 aromatic carbocycles. The number of nitro groups is 1. The Hall–Kier alpha value is -1.76. The number of nitro benzene ring substituents is 1. The van der Waals surface area contributed by atoms with E-state index in [9.17, 15) is 14.9 Å². The summed E-state index contributed by atoms with van der Waals surface area (Å²) < 4.78 is 5.26. The average Bonchev–Trinajstić information content (AvgIpc) is 2.34. The molecule has 0 fully saturated rings. The summed E-state index contributed by atoms with van der Waals surface area (Å²) in [5.74, 6) is -0.557. The molecule has 0 aliphatic rings. The topological polar surface area (TPSA) is 89.7 Å². The van der Waals surface area contributed by atoms with Gasteiger partial charge in [-0.15, -0.1) is 0 Å². The molecule has 7 heteroatoms. The van der Waals surface area contributed by atoms with E-state index in [1.54, 1.807) is 11.8 Å². The van der Waals surface area contributed by atoms with Crippen LogP contribution in [0.3, 0.4) is 0 Å². The van der Waals surface area contributed by atoms with Gasteiger partial charge in [0.25, 0.3) is 0 Å². The second-order valence-electron chi connectivity index (χ2n) is 3.41. The van der Waals surface area contributed by atoms with Crippen LogP contribution >= 0.6 is 11.8 Å². The lowest BCUT2D eigenvalue weighted by Crippen LogP contribution is -2.07. The van der Waals surface area contributed by atoms with E-state index in [1.807, 2.05) is 6.26 Å². The van der Waals surface area contributed by atoms with Crippen LogP contribution in [0.15, 0.2) is 18.2 Å². The number of hydrogen-bond donors (Lipinski definition) is 1. The molecular weight excluding hydrogens is 258 g/mol. The van der Waals surface area contributed by atoms with Crippen LogP contribution in [0.5, 0.6) is 5.75 Å². The van der Waals surface area contributed by atoms with Crippen molar-refractivity contribution in [3.63, 3.8) is 0 Å². The van der Waals surface area contributed by atoms with E-state index in [2.05, 4.69) is 0 Å². The second kappa shape index (κ2) is 6.85. The van der Waals surface area contributed by atoms with Gasteiger partial charge < -0.3 is 9.84 Å². The van der Waals surface area contributed by atoms with E-state index in [-0.39, 0.29) is 23.6 Å². The molecule has 0 aromatic heterocycles. The molecule has 0 spiro atoms. The standard InChI is InChI=1S/C11H13NO5S/c1-18-7-3-6-17-10-8(11(13)14)4-2-5-9(10)12(15)16/h2,4-5H,3,6-7H2,1H3,(H,13,14). The Balaban J connectivity index is 2.96. The third kappa shape index (κ3) is 3.63. The van der Waals surface area contributed by atoms with Gasteiger partial charge in [-0.3, -0.25) is 10.1 Å². The molecule has 0 unspecified atom stereocenters. The lowest BCUT2D eigenvalue weighted by Gasteiger charge is -2.08. The van der Waals surface area contributed by atoms with Gasteiger partial charge in [-0.25, -0.2) is 4.79 Å². The molecule has 0 aliphatic heterocycles. The summed E-state index contributed by atoms with van der Waals surface area (Å²) in [5, 5.41) is 19.8. The molecule has 0 saturated heterocycles. The van der Waals surface area contributed by atoms with Gasteiger partial charge in [0.15, 0.2) is 0 Å². The smallest absolute Gasteiger partial charge is 0.339 e. The molecule has 6 nitrogen and oxygen atoms in total. The minimum atomic E-state index is -1.24. The summed E-state index contributed by atoms with van der Waals surface area (Å²) in [7, 11) is 0. The van der Waals surface area contributed by atoms with E-state index < -0.39 is 10.9 Å². The van der Waals surface area contributed by atoms with Crippen LogP contribution < -0.4 is 4.74 Å². The Labute approximate surface area is 108 Å². The number of hydrogen-bond acceptors (Lipinski definition) is 5. The van der Waals surface area contributed by atoms with Crippen LogP contribution in [0.4, 0.5) is 5.69 Å². The van der Waals surface area contributed by atoms with Gasteiger partial charge in [-0.05, 0) is 24.5 Å². The van der Waals surface area contributed by atoms with E-state index in [1.165, 1.54) is 18.2 Å². The Morgan fingerprint density at radius 1 is 1.56 bits per heavy atom. The largest absolute Gasteiger partial charge is 0.486 e. The van der Waals surface area contributed by atoms with E-state index in [0.717, 1.165) is 5.75 Å². The number of carboxylic acid groups (broad SMARTS) is 1. The highest BCUT2D eigenvalue weighted by molar-refractivity contribution is 7.98. The lowest BCUT2D eigenvalue weighted by molar-refractivity contribution is -0.385. The molecule has 98 valence electrons. The average molecular weight is 271 g/mol. The van der Waals surface area contributed by atoms with Crippen molar-refractivity contribution in [2.75, 3.05) is 18.6 Å². The van der Waals surface area contributed by atoms with Crippen LogP contribution in [-0.4, -0.2) is 34.6 Å². The fraction of sp³-hybridized carbons (Fsp3) is 0.364. The van der Waals surface area contributed by atoms with Crippen molar-refractivity contribution in [2.24, 2.45) is 0 Å². The monoisotopic (exact) mass is 271 g/mol.